The average molecular weight is 150 g/mol. The van der Waals surface area contributed by atoms with Crippen molar-refractivity contribution in [2.45, 2.75) is 0 Å². The zero-order chi connectivity index (χ0) is 2.71. The minimum atomic E-state index is 0. The predicted octanol–water partition coefficient (Wildman–Crippen LogP) is 0.698. The van der Waals surface area contributed by atoms with Crippen molar-refractivity contribution < 1.29 is 32.7 Å². The fourth-order valence-corrected chi connectivity index (χ4v) is 0. The van der Waals surface area contributed by atoms with Crippen LogP contribution in [0.4, 0.5) is 0 Å². The van der Waals surface area contributed by atoms with E-state index in [1.807, 2.05) is 0 Å². The standard InChI is InChI=1S/CH3.HNO2.Y/c;2-1-3;/h1H3;(H,2,3);/q-1;;/p-1. The minimum Gasteiger partial charge on any atom is -0.444 e. The monoisotopic (exact) mass is 150 g/mol. The van der Waals surface area contributed by atoms with Crippen LogP contribution in [0, 0.1) is 17.5 Å². The molecule has 0 N–H and O–H groups in total. The molecule has 0 saturated carbocycles. The van der Waals surface area contributed by atoms with Crippen molar-refractivity contribution in [1.29, 1.82) is 0 Å². The minimum absolute atomic E-state index is 0. The first-order valence-electron chi connectivity index (χ1n) is 0.365. The summed E-state index contributed by atoms with van der Waals surface area (Å²) in [5.41, 5.74) is 0. The Kier molecular flexibility index (Phi) is 87.1. The van der Waals surface area contributed by atoms with Gasteiger partial charge in [-0.3, -0.25) is 0 Å². The summed E-state index contributed by atoms with van der Waals surface area (Å²) in [6, 6.07) is 0. The van der Waals surface area contributed by atoms with Gasteiger partial charge in [0.05, 0.1) is 0 Å². The Labute approximate surface area is 55.6 Å². The van der Waals surface area contributed by atoms with Crippen molar-refractivity contribution >= 4 is 0 Å². The molecular weight excluding hydrogens is 147 g/mol. The van der Waals surface area contributed by atoms with Crippen LogP contribution < -0.4 is 0 Å². The molecule has 0 spiro atoms. The largest absolute Gasteiger partial charge is 0.444 e. The molecule has 0 atom stereocenters. The smallest absolute Gasteiger partial charge is 0 e. The SMILES string of the molecule is O=N[O-].[CH3-].[Y]. The molecule has 1 radical (unpaired) electrons. The van der Waals surface area contributed by atoms with E-state index >= 15 is 0 Å². The predicted molar refractivity (Wildman–Crippen MR) is 15.6 cm³/mol. The molecule has 5 heavy (non-hydrogen) atoms. The summed E-state index contributed by atoms with van der Waals surface area (Å²) in [6.45, 7) is 0. The molecule has 0 saturated heterocycles. The van der Waals surface area contributed by atoms with Gasteiger partial charge in [-0.05, 0) is 0 Å². The van der Waals surface area contributed by atoms with E-state index < -0.39 is 0 Å². The van der Waals surface area contributed by atoms with E-state index in [4.69, 9.17) is 10.1 Å². The third-order valence-corrected chi connectivity index (χ3v) is 0. The van der Waals surface area contributed by atoms with Crippen molar-refractivity contribution in [2.75, 3.05) is 0 Å². The van der Waals surface area contributed by atoms with Gasteiger partial charge in [0.2, 0.25) is 0 Å². The summed E-state index contributed by atoms with van der Waals surface area (Å²) in [4.78, 5) is 8.00. The molecule has 0 aliphatic heterocycles. The van der Waals surface area contributed by atoms with E-state index in [2.05, 4.69) is 0 Å². The second kappa shape index (κ2) is 24.4. The summed E-state index contributed by atoms with van der Waals surface area (Å²) >= 11 is 0. The van der Waals surface area contributed by atoms with Crippen molar-refractivity contribution in [3.8, 4) is 0 Å². The Hall–Kier alpha value is 0.504. The van der Waals surface area contributed by atoms with Crippen LogP contribution in [-0.2, 0) is 32.7 Å². The van der Waals surface area contributed by atoms with E-state index in [0.29, 0.717) is 0 Å². The second-order valence-corrected chi connectivity index (χ2v) is 0.0745. The van der Waals surface area contributed by atoms with Gasteiger partial charge in [-0.15, -0.1) is 5.34 Å². The van der Waals surface area contributed by atoms with Crippen LogP contribution in [0.1, 0.15) is 0 Å². The molecule has 0 aromatic rings. The van der Waals surface area contributed by atoms with Gasteiger partial charge in [0.1, 0.15) is 0 Å². The number of rotatable bonds is 0. The number of nitrogens with zero attached hydrogens (tertiary/aromatic N) is 1. The van der Waals surface area contributed by atoms with Crippen molar-refractivity contribution in [3.63, 3.8) is 0 Å². The Morgan fingerprint density at radius 2 is 1.60 bits per heavy atom. The molecular formula is CH3NO2Y-2. The van der Waals surface area contributed by atoms with Gasteiger partial charge in [-0.1, -0.05) is 0 Å². The molecule has 29 valence electrons. The summed E-state index contributed by atoms with van der Waals surface area (Å²) < 4.78 is 0. The third-order valence-electron chi connectivity index (χ3n) is 0. The van der Waals surface area contributed by atoms with Gasteiger partial charge in [-0.2, -0.15) is 0 Å². The van der Waals surface area contributed by atoms with Gasteiger partial charge >= 0.3 is 0 Å². The maximum absolute atomic E-state index is 8.00. The zero-order valence-corrected chi connectivity index (χ0v) is 5.68. The zero-order valence-electron chi connectivity index (χ0n) is 2.84. The third kappa shape index (κ3) is 111. The molecule has 0 amide bonds. The molecule has 0 aromatic heterocycles. The molecule has 0 aliphatic carbocycles. The summed E-state index contributed by atoms with van der Waals surface area (Å²) in [6.07, 6.45) is 0. The first-order chi connectivity index (χ1) is 1.41. The van der Waals surface area contributed by atoms with E-state index in [-0.39, 0.29) is 40.1 Å². The van der Waals surface area contributed by atoms with E-state index in [9.17, 15) is 0 Å². The molecule has 3 nitrogen and oxygen atoms in total. The number of hydrogen-bond donors (Lipinski definition) is 0. The number of hydrogen-bond acceptors (Lipinski definition) is 3. The van der Waals surface area contributed by atoms with E-state index in [1.165, 1.54) is 0 Å². The van der Waals surface area contributed by atoms with Crippen LogP contribution in [0.5, 0.6) is 0 Å². The molecule has 0 bridgehead atoms. The molecule has 0 rings (SSSR count). The van der Waals surface area contributed by atoms with Crippen LogP contribution in [0.2, 0.25) is 0 Å². The molecule has 0 heterocycles. The maximum atomic E-state index is 8.00. The Bertz CT molecular complexity index is 17.1. The molecule has 0 unspecified atom stereocenters. The normalized spacial score (nSPS) is 2.40. The van der Waals surface area contributed by atoms with Gasteiger partial charge in [-0.25, -0.2) is 0 Å². The van der Waals surface area contributed by atoms with Crippen molar-refractivity contribution in [2.24, 2.45) is 5.34 Å². The maximum Gasteiger partial charge on any atom is 0 e. The van der Waals surface area contributed by atoms with Crippen molar-refractivity contribution in [1.82, 2.24) is 0 Å². The fraction of sp³-hybridized carbons (Fsp3) is 0. The average Bonchev–Trinajstić information content (AvgIpc) is 0.918. The second-order valence-electron chi connectivity index (χ2n) is 0.0745. The van der Waals surface area contributed by atoms with E-state index in [0.717, 1.165) is 5.34 Å². The van der Waals surface area contributed by atoms with Gasteiger partial charge in [0.25, 0.3) is 0 Å². The quantitative estimate of drug-likeness (QED) is 0.290. The topological polar surface area (TPSA) is 52.5 Å². The van der Waals surface area contributed by atoms with Crippen LogP contribution in [0.25, 0.3) is 0 Å². The Morgan fingerprint density at radius 1 is 1.60 bits per heavy atom. The fourth-order valence-electron chi connectivity index (χ4n) is 0. The molecule has 0 aromatic carbocycles. The van der Waals surface area contributed by atoms with Crippen LogP contribution in [0.3, 0.4) is 0 Å². The first kappa shape index (κ1) is 17.8. The van der Waals surface area contributed by atoms with Crippen molar-refractivity contribution in [3.05, 3.63) is 17.5 Å². The van der Waals surface area contributed by atoms with Crippen LogP contribution >= 0.6 is 0 Å². The van der Waals surface area contributed by atoms with Crippen LogP contribution in [-0.4, -0.2) is 0 Å². The van der Waals surface area contributed by atoms with Gasteiger partial charge in [0, 0.05) is 32.7 Å². The Balaban J connectivity index is -0.0000000200. The summed E-state index contributed by atoms with van der Waals surface area (Å²) in [7, 11) is 0. The molecule has 4 heteroatoms. The van der Waals surface area contributed by atoms with E-state index in [1.54, 1.807) is 0 Å². The first-order valence-corrected chi connectivity index (χ1v) is 0.365. The van der Waals surface area contributed by atoms with Crippen LogP contribution in [0.15, 0.2) is 5.34 Å². The summed E-state index contributed by atoms with van der Waals surface area (Å²) in [5, 5.41) is 9.00. The Morgan fingerprint density at radius 3 is 1.60 bits per heavy atom. The molecule has 0 aliphatic rings. The summed E-state index contributed by atoms with van der Waals surface area (Å²) in [5.74, 6) is 0. The molecule has 0 fully saturated rings. The van der Waals surface area contributed by atoms with Gasteiger partial charge in [0.15, 0.2) is 0 Å². The van der Waals surface area contributed by atoms with Gasteiger partial charge < -0.3 is 17.5 Å².